The Morgan fingerprint density at radius 1 is 1.39 bits per heavy atom. The first-order chi connectivity index (χ1) is 8.63. The number of benzene rings is 1. The predicted octanol–water partition coefficient (Wildman–Crippen LogP) is 3.77. The van der Waals surface area contributed by atoms with Crippen LogP contribution in [0.25, 0.3) is 0 Å². The topological polar surface area (TPSA) is 42.0 Å². The fraction of sp³-hybridized carbons (Fsp3) is 0.0769. The lowest BCUT2D eigenvalue weighted by Gasteiger charge is -2.08. The van der Waals surface area contributed by atoms with Gasteiger partial charge in [0.2, 0.25) is 5.78 Å². The Morgan fingerprint density at radius 2 is 2.11 bits per heavy atom. The molecule has 18 heavy (non-hydrogen) atoms. The van der Waals surface area contributed by atoms with Gasteiger partial charge in [-0.1, -0.05) is 39.7 Å². The largest absolute Gasteiger partial charge is 0.386 e. The van der Waals surface area contributed by atoms with Gasteiger partial charge in [0.25, 0.3) is 0 Å². The number of halogens is 2. The highest BCUT2D eigenvalue weighted by atomic mass is 79.9. The molecule has 0 aliphatic rings. The number of carbonyl (C=O) groups excluding carboxylic acids is 1. The molecule has 1 aromatic carbocycles. The minimum atomic E-state index is -0.150. The predicted molar refractivity (Wildman–Crippen MR) is 76.4 cm³/mol. The number of ketones is 1. The fourth-order valence-electron chi connectivity index (χ4n) is 1.58. The summed E-state index contributed by atoms with van der Waals surface area (Å²) >= 11 is 9.21. The van der Waals surface area contributed by atoms with Gasteiger partial charge in [0.1, 0.15) is 5.69 Å². The lowest BCUT2D eigenvalue weighted by Crippen LogP contribution is -2.08. The molecule has 1 heterocycles. The van der Waals surface area contributed by atoms with Crippen molar-refractivity contribution in [1.29, 1.82) is 0 Å². The number of anilines is 1. The molecule has 0 aliphatic heterocycles. The Bertz CT molecular complexity index is 601. The van der Waals surface area contributed by atoms with Crippen LogP contribution < -0.4 is 5.32 Å². The molecule has 0 saturated heterocycles. The van der Waals surface area contributed by atoms with Gasteiger partial charge in [0.15, 0.2) is 0 Å². The highest BCUT2D eigenvalue weighted by Crippen LogP contribution is 2.24. The number of nitrogens with one attached hydrogen (secondary N) is 1. The van der Waals surface area contributed by atoms with E-state index < -0.39 is 0 Å². The summed E-state index contributed by atoms with van der Waals surface area (Å²) in [5.41, 5.74) is 1.54. The normalized spacial score (nSPS) is 10.2. The maximum Gasteiger partial charge on any atom is 0.214 e. The van der Waals surface area contributed by atoms with E-state index in [2.05, 4.69) is 26.2 Å². The van der Waals surface area contributed by atoms with E-state index in [1.165, 1.54) is 6.20 Å². The summed E-state index contributed by atoms with van der Waals surface area (Å²) in [6.07, 6.45) is 1.46. The molecule has 1 aromatic heterocycles. The maximum absolute atomic E-state index is 12.4. The quantitative estimate of drug-likeness (QED) is 0.874. The molecule has 0 saturated carbocycles. The lowest BCUT2D eigenvalue weighted by atomic mass is 10.1. The molecule has 0 aliphatic carbocycles. The van der Waals surface area contributed by atoms with E-state index >= 15 is 0 Å². The van der Waals surface area contributed by atoms with Gasteiger partial charge in [-0.25, -0.2) is 4.98 Å². The molecule has 2 rings (SSSR count). The Hall–Kier alpha value is -1.39. The fourth-order valence-corrected chi connectivity index (χ4v) is 2.21. The zero-order valence-corrected chi connectivity index (χ0v) is 11.9. The molecule has 0 spiro atoms. The molecular weight excluding hydrogens is 316 g/mol. The van der Waals surface area contributed by atoms with Gasteiger partial charge >= 0.3 is 0 Å². The molecular formula is C13H10BrClN2O. The summed E-state index contributed by atoms with van der Waals surface area (Å²) in [6.45, 7) is 0. The Morgan fingerprint density at radius 3 is 2.78 bits per heavy atom. The highest BCUT2D eigenvalue weighted by Gasteiger charge is 2.17. The average molecular weight is 326 g/mol. The van der Waals surface area contributed by atoms with Crippen LogP contribution in [-0.2, 0) is 0 Å². The second-order valence-electron chi connectivity index (χ2n) is 3.61. The molecule has 0 radical (unpaired) electrons. The number of hydrogen-bond acceptors (Lipinski definition) is 3. The molecule has 0 bridgehead atoms. The van der Waals surface area contributed by atoms with Crippen molar-refractivity contribution in [3.05, 3.63) is 57.3 Å². The van der Waals surface area contributed by atoms with Crippen LogP contribution in [0.5, 0.6) is 0 Å². The van der Waals surface area contributed by atoms with Crippen molar-refractivity contribution in [1.82, 2.24) is 4.98 Å². The molecule has 0 atom stereocenters. The third-order valence-electron chi connectivity index (χ3n) is 2.46. The summed E-state index contributed by atoms with van der Waals surface area (Å²) in [6, 6.07) is 8.92. The third-order valence-corrected chi connectivity index (χ3v) is 3.36. The molecule has 0 amide bonds. The number of carbonyl (C=O) groups is 1. The van der Waals surface area contributed by atoms with Crippen LogP contribution in [0.1, 0.15) is 16.1 Å². The molecule has 2 aromatic rings. The van der Waals surface area contributed by atoms with Crippen LogP contribution in [0.2, 0.25) is 5.02 Å². The second-order valence-corrected chi connectivity index (χ2v) is 4.90. The Balaban J connectivity index is 2.50. The highest BCUT2D eigenvalue weighted by molar-refractivity contribution is 9.10. The summed E-state index contributed by atoms with van der Waals surface area (Å²) in [7, 11) is 1.73. The minimum absolute atomic E-state index is 0.150. The molecule has 0 fully saturated rings. The number of pyridine rings is 1. The van der Waals surface area contributed by atoms with Gasteiger partial charge in [-0.3, -0.25) is 4.79 Å². The van der Waals surface area contributed by atoms with Crippen molar-refractivity contribution in [3.8, 4) is 0 Å². The Labute approximate surface area is 118 Å². The third kappa shape index (κ3) is 2.54. The van der Waals surface area contributed by atoms with E-state index in [1.54, 1.807) is 19.2 Å². The number of aromatic nitrogens is 1. The van der Waals surface area contributed by atoms with Crippen LogP contribution in [0.4, 0.5) is 5.69 Å². The number of hydrogen-bond donors (Lipinski definition) is 1. The molecule has 5 heteroatoms. The summed E-state index contributed by atoms with van der Waals surface area (Å²) in [4.78, 5) is 16.5. The van der Waals surface area contributed by atoms with Crippen molar-refractivity contribution in [2.24, 2.45) is 0 Å². The monoisotopic (exact) mass is 324 g/mol. The van der Waals surface area contributed by atoms with Gasteiger partial charge in [-0.05, 0) is 18.2 Å². The van der Waals surface area contributed by atoms with Gasteiger partial charge in [-0.2, -0.15) is 0 Å². The Kier molecular flexibility index (Phi) is 3.99. The van der Waals surface area contributed by atoms with E-state index in [4.69, 9.17) is 11.6 Å². The molecule has 92 valence electrons. The van der Waals surface area contributed by atoms with Crippen LogP contribution >= 0.6 is 27.5 Å². The van der Waals surface area contributed by atoms with Crippen molar-refractivity contribution < 1.29 is 4.79 Å². The molecule has 3 nitrogen and oxygen atoms in total. The molecule has 1 N–H and O–H groups in total. The van der Waals surface area contributed by atoms with Crippen molar-refractivity contribution in [2.75, 3.05) is 12.4 Å². The summed E-state index contributed by atoms with van der Waals surface area (Å²) in [5.74, 6) is -0.150. The van der Waals surface area contributed by atoms with E-state index in [0.29, 0.717) is 22.0 Å². The lowest BCUT2D eigenvalue weighted by molar-refractivity contribution is 0.103. The van der Waals surface area contributed by atoms with Crippen molar-refractivity contribution in [3.63, 3.8) is 0 Å². The van der Waals surface area contributed by atoms with Gasteiger partial charge in [0.05, 0.1) is 10.7 Å². The van der Waals surface area contributed by atoms with Crippen LogP contribution in [-0.4, -0.2) is 17.8 Å². The summed E-state index contributed by atoms with van der Waals surface area (Å²) < 4.78 is 0.744. The zero-order valence-electron chi connectivity index (χ0n) is 9.58. The van der Waals surface area contributed by atoms with E-state index in [-0.39, 0.29) is 5.78 Å². The first kappa shape index (κ1) is 13.1. The number of nitrogens with zero attached hydrogens (tertiary/aromatic N) is 1. The zero-order chi connectivity index (χ0) is 13.1. The standard InChI is InChI=1S/C13H10BrClN2O/c1-16-11-6-8(15)7-17-12(11)13(18)9-4-2-3-5-10(9)14/h2-7,16H,1H3. The molecule has 0 unspecified atom stereocenters. The van der Waals surface area contributed by atoms with E-state index in [0.717, 1.165) is 4.47 Å². The average Bonchev–Trinajstić information content (AvgIpc) is 2.38. The van der Waals surface area contributed by atoms with Crippen LogP contribution in [0.15, 0.2) is 41.0 Å². The van der Waals surface area contributed by atoms with Gasteiger partial charge < -0.3 is 5.32 Å². The smallest absolute Gasteiger partial charge is 0.214 e. The van der Waals surface area contributed by atoms with Crippen molar-refractivity contribution in [2.45, 2.75) is 0 Å². The first-order valence-electron chi connectivity index (χ1n) is 5.26. The summed E-state index contributed by atoms with van der Waals surface area (Å²) in [5, 5.41) is 3.41. The minimum Gasteiger partial charge on any atom is -0.386 e. The van der Waals surface area contributed by atoms with Crippen LogP contribution in [0, 0.1) is 0 Å². The van der Waals surface area contributed by atoms with Gasteiger partial charge in [-0.15, -0.1) is 0 Å². The van der Waals surface area contributed by atoms with Gasteiger partial charge in [0, 0.05) is 23.3 Å². The SMILES string of the molecule is CNc1cc(Cl)cnc1C(=O)c1ccccc1Br. The van der Waals surface area contributed by atoms with E-state index in [1.807, 2.05) is 18.2 Å². The van der Waals surface area contributed by atoms with E-state index in [9.17, 15) is 4.79 Å². The second kappa shape index (κ2) is 5.50. The number of rotatable bonds is 3. The maximum atomic E-state index is 12.4. The van der Waals surface area contributed by atoms with Crippen LogP contribution in [0.3, 0.4) is 0 Å². The first-order valence-corrected chi connectivity index (χ1v) is 6.43. The van der Waals surface area contributed by atoms with Crippen molar-refractivity contribution >= 4 is 39.0 Å².